The maximum Gasteiger partial charge on any atom is 0.338 e. The number of benzene rings is 2. The van der Waals surface area contributed by atoms with E-state index in [9.17, 15) is 39.2 Å². The van der Waals surface area contributed by atoms with Gasteiger partial charge in [0.15, 0.2) is 5.71 Å². The van der Waals surface area contributed by atoms with Crippen LogP contribution in [0.4, 0.5) is 11.4 Å². The zero-order valence-corrected chi connectivity index (χ0v) is 25.3. The molecule has 42 heavy (non-hydrogen) atoms. The maximum absolute atomic E-state index is 12.8. The Hall–Kier alpha value is -3.41. The van der Waals surface area contributed by atoms with Crippen LogP contribution >= 0.6 is 0 Å². The molecule has 0 unspecified atom stereocenters. The molecule has 0 spiro atoms. The molecule has 2 aromatic rings. The molecule has 0 bridgehead atoms. The van der Waals surface area contributed by atoms with Crippen molar-refractivity contribution < 1.29 is 53.0 Å². The first-order valence-electron chi connectivity index (χ1n) is 12.4. The summed E-state index contributed by atoms with van der Waals surface area (Å²) in [5.74, 6) is -2.27. The molecule has 2 rings (SSSR count). The summed E-state index contributed by atoms with van der Waals surface area (Å²) in [7, 11) is -13.4. The molecule has 0 saturated heterocycles. The molecule has 0 amide bonds. The number of hydrogen-bond donors (Lipinski definition) is 4. The van der Waals surface area contributed by atoms with Crippen LogP contribution < -0.4 is 5.32 Å². The van der Waals surface area contributed by atoms with Crippen LogP contribution in [0.5, 0.6) is 0 Å². The average molecular weight is 646 g/mol. The molecule has 13 nitrogen and oxygen atoms in total. The minimum Gasteiger partial charge on any atom is -0.462 e. The van der Waals surface area contributed by atoms with Gasteiger partial charge in [0.05, 0.1) is 23.7 Å². The van der Waals surface area contributed by atoms with Gasteiger partial charge in [-0.15, -0.1) is 0 Å². The highest BCUT2D eigenvalue weighted by Crippen LogP contribution is 2.28. The largest absolute Gasteiger partial charge is 0.462 e. The fourth-order valence-corrected chi connectivity index (χ4v) is 5.21. The van der Waals surface area contributed by atoms with E-state index in [2.05, 4.69) is 5.32 Å². The first kappa shape index (κ1) is 34.8. The van der Waals surface area contributed by atoms with E-state index in [-0.39, 0.29) is 36.2 Å². The summed E-state index contributed by atoms with van der Waals surface area (Å²) < 4.78 is 103. The highest BCUT2D eigenvalue weighted by atomic mass is 32.2. The van der Waals surface area contributed by atoms with Gasteiger partial charge in [-0.25, -0.2) is 4.79 Å². The molecular weight excluding hydrogens is 612 g/mol. The number of ether oxygens (including phenoxy) is 1. The number of nitrogens with one attached hydrogen (secondary N) is 1. The van der Waals surface area contributed by atoms with Crippen molar-refractivity contribution in [3.05, 3.63) is 78.0 Å². The Bertz CT molecular complexity index is 1680. The molecule has 0 aromatic heterocycles. The lowest BCUT2D eigenvalue weighted by atomic mass is 10.1. The number of para-hydroxylation sites is 1. The van der Waals surface area contributed by atoms with Crippen LogP contribution in [0.1, 0.15) is 35.7 Å². The number of anilines is 1. The van der Waals surface area contributed by atoms with Crippen LogP contribution in [0.2, 0.25) is 0 Å². The van der Waals surface area contributed by atoms with Gasteiger partial charge in [-0.1, -0.05) is 24.3 Å². The summed E-state index contributed by atoms with van der Waals surface area (Å²) in [5.41, 5.74) is 1.42. The second kappa shape index (κ2) is 15.2. The number of carbonyl (C=O) groups excluding carboxylic acids is 1. The summed E-state index contributed by atoms with van der Waals surface area (Å²) in [6.07, 6.45) is 6.35. The number of hydrogen-bond acceptors (Lipinski definition) is 9. The van der Waals surface area contributed by atoms with E-state index in [1.54, 1.807) is 31.4 Å². The van der Waals surface area contributed by atoms with Gasteiger partial charge in [0, 0.05) is 42.9 Å². The summed E-state index contributed by atoms with van der Waals surface area (Å²) in [6, 6.07) is 11.3. The smallest absolute Gasteiger partial charge is 0.338 e. The van der Waals surface area contributed by atoms with Crippen molar-refractivity contribution in [2.45, 2.75) is 31.6 Å². The van der Waals surface area contributed by atoms with Crippen molar-refractivity contribution in [2.24, 2.45) is 0 Å². The topological polar surface area (TPSA) is 204 Å². The van der Waals surface area contributed by atoms with E-state index in [1.165, 1.54) is 11.5 Å². The van der Waals surface area contributed by atoms with Gasteiger partial charge in [0.1, 0.15) is 11.4 Å². The van der Waals surface area contributed by atoms with Gasteiger partial charge in [-0.3, -0.25) is 13.7 Å². The van der Waals surface area contributed by atoms with Crippen molar-refractivity contribution >= 4 is 53.4 Å². The van der Waals surface area contributed by atoms with Crippen molar-refractivity contribution in [1.29, 1.82) is 0 Å². The Morgan fingerprint density at radius 2 is 1.55 bits per heavy atom. The average Bonchev–Trinajstić information content (AvgIpc) is 2.88. The van der Waals surface area contributed by atoms with Gasteiger partial charge < -0.3 is 10.1 Å². The SMILES string of the molecule is CC(/C=C/C=C/Nc1ccccc1)=[N+](/CCCS(=O)(=O)O)c1cc(S(=O)(=O)O)cc(C(=O)OCCCS(=O)(=O)O)c1C. The van der Waals surface area contributed by atoms with Crippen LogP contribution in [-0.2, 0) is 35.1 Å². The molecule has 0 atom stereocenters. The first-order chi connectivity index (χ1) is 19.5. The molecule has 0 aliphatic rings. The Balaban J connectivity index is 2.51. The lowest BCUT2D eigenvalue weighted by Crippen LogP contribution is -2.20. The quantitative estimate of drug-likeness (QED) is 0.0550. The minimum atomic E-state index is -4.83. The van der Waals surface area contributed by atoms with Crippen LogP contribution in [0.3, 0.4) is 0 Å². The minimum absolute atomic E-state index is 0.0411. The van der Waals surface area contributed by atoms with Gasteiger partial charge in [0.25, 0.3) is 30.4 Å². The Morgan fingerprint density at radius 3 is 2.14 bits per heavy atom. The third kappa shape index (κ3) is 12.2. The predicted octanol–water partition coefficient (Wildman–Crippen LogP) is 3.24. The second-order valence-electron chi connectivity index (χ2n) is 9.03. The van der Waals surface area contributed by atoms with Crippen LogP contribution in [-0.4, -0.2) is 79.8 Å². The van der Waals surface area contributed by atoms with Gasteiger partial charge in [-0.05, 0) is 37.6 Å². The summed E-state index contributed by atoms with van der Waals surface area (Å²) in [4.78, 5) is 12.2. The first-order valence-corrected chi connectivity index (χ1v) is 17.1. The van der Waals surface area contributed by atoms with Gasteiger partial charge in [0.2, 0.25) is 5.69 Å². The predicted molar refractivity (Wildman–Crippen MR) is 157 cm³/mol. The van der Waals surface area contributed by atoms with Crippen LogP contribution in [0.25, 0.3) is 0 Å². The van der Waals surface area contributed by atoms with E-state index < -0.39 is 59.3 Å². The van der Waals surface area contributed by atoms with E-state index in [1.807, 2.05) is 30.3 Å². The lowest BCUT2D eigenvalue weighted by molar-refractivity contribution is -0.440. The fraction of sp³-hybridized carbons (Fsp3) is 0.308. The van der Waals surface area contributed by atoms with Crippen LogP contribution in [0.15, 0.2) is 71.8 Å². The van der Waals surface area contributed by atoms with E-state index in [4.69, 9.17) is 9.29 Å². The number of rotatable bonds is 15. The van der Waals surface area contributed by atoms with Crippen LogP contribution in [0, 0.1) is 6.92 Å². The number of carbonyl (C=O) groups is 1. The Kier molecular flexibility index (Phi) is 12.6. The highest BCUT2D eigenvalue weighted by molar-refractivity contribution is 7.86. The third-order valence-corrected chi connectivity index (χ3v) is 8.16. The molecule has 0 fully saturated rings. The summed E-state index contributed by atoms with van der Waals surface area (Å²) in [6.45, 7) is 2.68. The van der Waals surface area contributed by atoms with Crippen molar-refractivity contribution in [1.82, 2.24) is 0 Å². The molecule has 0 saturated carbocycles. The summed E-state index contributed by atoms with van der Waals surface area (Å²) in [5, 5.41) is 3.07. The van der Waals surface area contributed by atoms with Crippen molar-refractivity contribution in [3.8, 4) is 0 Å². The molecule has 0 aliphatic heterocycles. The van der Waals surface area contributed by atoms with Crippen molar-refractivity contribution in [3.63, 3.8) is 0 Å². The standard InChI is InChI=1S/C26H32N2O11S3/c1-20(10-6-7-13-27-22-11-4-3-5-12-22)28(14-8-16-40(30,31)32)25-19-23(42(36,37)38)18-24(21(25)2)26(29)39-15-9-17-41(33,34)35/h3-7,10-13,18-19H,8-9,14-17H2,1-2H3,(H3,30,31,32,33,34,35,36,37,38)/p+1. The molecule has 2 aromatic carbocycles. The van der Waals surface area contributed by atoms with E-state index in [0.29, 0.717) is 5.71 Å². The monoisotopic (exact) mass is 645 g/mol. The summed E-state index contributed by atoms with van der Waals surface area (Å²) >= 11 is 0. The number of esters is 1. The van der Waals surface area contributed by atoms with E-state index >= 15 is 0 Å². The zero-order chi connectivity index (χ0) is 31.6. The maximum atomic E-state index is 12.8. The molecule has 0 heterocycles. The highest BCUT2D eigenvalue weighted by Gasteiger charge is 2.27. The van der Waals surface area contributed by atoms with Gasteiger partial charge in [-0.2, -0.15) is 29.8 Å². The van der Waals surface area contributed by atoms with Crippen molar-refractivity contribution in [2.75, 3.05) is 30.0 Å². The normalized spacial score (nSPS) is 13.4. The number of allylic oxidation sites excluding steroid dienone is 3. The fourth-order valence-electron chi connectivity index (χ4n) is 3.71. The lowest BCUT2D eigenvalue weighted by Gasteiger charge is -2.13. The molecule has 0 aliphatic carbocycles. The second-order valence-corrected chi connectivity index (χ2v) is 13.6. The Labute approximate surface area is 245 Å². The molecular formula is C26H33N2O11S3+. The molecule has 230 valence electrons. The zero-order valence-electron chi connectivity index (χ0n) is 22.9. The third-order valence-electron chi connectivity index (χ3n) is 5.72. The van der Waals surface area contributed by atoms with Gasteiger partial charge >= 0.3 is 5.97 Å². The van der Waals surface area contributed by atoms with E-state index in [0.717, 1.165) is 17.8 Å². The molecule has 0 radical (unpaired) electrons. The Morgan fingerprint density at radius 1 is 0.929 bits per heavy atom. The molecule has 4 N–H and O–H groups in total. The number of nitrogens with zero attached hydrogens (tertiary/aromatic N) is 1. The molecule has 16 heteroatoms.